The summed E-state index contributed by atoms with van der Waals surface area (Å²) in [6, 6.07) is 1.58. The van der Waals surface area contributed by atoms with Gasteiger partial charge in [0.25, 0.3) is 0 Å². The van der Waals surface area contributed by atoms with Crippen molar-refractivity contribution in [1.29, 1.82) is 0 Å². The Kier molecular flexibility index (Phi) is 3.80. The van der Waals surface area contributed by atoms with Crippen molar-refractivity contribution in [2.75, 3.05) is 5.32 Å². The summed E-state index contributed by atoms with van der Waals surface area (Å²) in [6.45, 7) is 1.64. The molecule has 1 amide bonds. The van der Waals surface area contributed by atoms with Gasteiger partial charge in [-0.3, -0.25) is 4.79 Å². The van der Waals surface area contributed by atoms with Crippen LogP contribution < -0.4 is 5.32 Å². The third-order valence-electron chi connectivity index (χ3n) is 1.57. The van der Waals surface area contributed by atoms with Crippen LogP contribution in [0, 0.1) is 11.6 Å². The number of rotatable bonds is 2. The first-order valence-corrected chi connectivity index (χ1v) is 4.50. The minimum absolute atomic E-state index is 0.176. The van der Waals surface area contributed by atoms with Gasteiger partial charge in [0.05, 0.1) is 10.7 Å². The molecule has 5 heteroatoms. The van der Waals surface area contributed by atoms with Gasteiger partial charge in [0.15, 0.2) is 5.82 Å². The zero-order chi connectivity index (χ0) is 11.4. The third kappa shape index (κ3) is 3.02. The Balaban J connectivity index is 3.00. The highest BCUT2D eigenvalue weighted by molar-refractivity contribution is 6.33. The number of carbonyl (C=O) groups is 1. The maximum atomic E-state index is 13.1. The summed E-state index contributed by atoms with van der Waals surface area (Å²) in [6.07, 6.45) is 2.70. The zero-order valence-electron chi connectivity index (χ0n) is 7.85. The smallest absolute Gasteiger partial charge is 0.248 e. The van der Waals surface area contributed by atoms with Crippen molar-refractivity contribution in [3.63, 3.8) is 0 Å². The fourth-order valence-electron chi connectivity index (χ4n) is 0.978. The Hall–Kier alpha value is -1.42. The van der Waals surface area contributed by atoms with E-state index < -0.39 is 17.5 Å². The van der Waals surface area contributed by atoms with Crippen LogP contribution in [0.3, 0.4) is 0 Å². The van der Waals surface area contributed by atoms with Gasteiger partial charge in [-0.15, -0.1) is 0 Å². The number of hydrogen-bond donors (Lipinski definition) is 1. The van der Waals surface area contributed by atoms with Crippen LogP contribution in [-0.2, 0) is 4.79 Å². The Morgan fingerprint density at radius 3 is 2.67 bits per heavy atom. The second kappa shape index (κ2) is 4.89. The molecule has 1 N–H and O–H groups in total. The number of hydrogen-bond acceptors (Lipinski definition) is 1. The molecule has 1 aromatic carbocycles. The van der Waals surface area contributed by atoms with Gasteiger partial charge in [0.2, 0.25) is 5.91 Å². The molecule has 0 atom stereocenters. The normalized spacial score (nSPS) is 10.7. The van der Waals surface area contributed by atoms with Crippen molar-refractivity contribution in [1.82, 2.24) is 0 Å². The summed E-state index contributed by atoms with van der Waals surface area (Å²) in [5.74, 6) is -2.22. The molecule has 0 fully saturated rings. The first-order chi connectivity index (χ1) is 7.04. The molecule has 0 radical (unpaired) electrons. The first kappa shape index (κ1) is 11.7. The van der Waals surface area contributed by atoms with Gasteiger partial charge in [0.1, 0.15) is 5.82 Å². The van der Waals surface area contributed by atoms with Crippen LogP contribution >= 0.6 is 11.6 Å². The van der Waals surface area contributed by atoms with E-state index >= 15 is 0 Å². The Morgan fingerprint density at radius 1 is 1.47 bits per heavy atom. The quantitative estimate of drug-likeness (QED) is 0.779. The van der Waals surface area contributed by atoms with Gasteiger partial charge >= 0.3 is 0 Å². The third-order valence-corrected chi connectivity index (χ3v) is 1.87. The van der Waals surface area contributed by atoms with Crippen LogP contribution in [0.5, 0.6) is 0 Å². The molecule has 0 aliphatic rings. The maximum absolute atomic E-state index is 13.1. The number of anilines is 1. The number of amides is 1. The SMILES string of the molecule is C/C=C/C(=O)Nc1c(F)cc(F)cc1Cl. The fraction of sp³-hybridized carbons (Fsp3) is 0.100. The highest BCUT2D eigenvalue weighted by Gasteiger charge is 2.11. The van der Waals surface area contributed by atoms with E-state index in [1.54, 1.807) is 6.92 Å². The summed E-state index contributed by atoms with van der Waals surface area (Å²) < 4.78 is 25.8. The topological polar surface area (TPSA) is 29.1 Å². The molecule has 0 spiro atoms. The van der Waals surface area contributed by atoms with Crippen LogP contribution in [-0.4, -0.2) is 5.91 Å². The first-order valence-electron chi connectivity index (χ1n) is 4.13. The van der Waals surface area contributed by atoms with Gasteiger partial charge < -0.3 is 5.32 Å². The van der Waals surface area contributed by atoms with E-state index in [9.17, 15) is 13.6 Å². The van der Waals surface area contributed by atoms with Gasteiger partial charge in [0, 0.05) is 6.07 Å². The molecule has 0 bridgehead atoms. The van der Waals surface area contributed by atoms with Crippen LogP contribution in [0.4, 0.5) is 14.5 Å². The zero-order valence-corrected chi connectivity index (χ0v) is 8.61. The van der Waals surface area contributed by atoms with E-state index in [4.69, 9.17) is 11.6 Å². The average Bonchev–Trinajstić information content (AvgIpc) is 2.11. The minimum Gasteiger partial charge on any atom is -0.319 e. The molecular formula is C10H8ClF2NO. The lowest BCUT2D eigenvalue weighted by Crippen LogP contribution is -2.10. The van der Waals surface area contributed by atoms with Gasteiger partial charge in [-0.05, 0) is 19.1 Å². The molecule has 1 aromatic rings. The second-order valence-electron chi connectivity index (χ2n) is 2.73. The summed E-state index contributed by atoms with van der Waals surface area (Å²) in [5.41, 5.74) is -0.221. The molecule has 80 valence electrons. The molecule has 2 nitrogen and oxygen atoms in total. The van der Waals surface area contributed by atoms with E-state index in [0.717, 1.165) is 6.07 Å². The van der Waals surface area contributed by atoms with E-state index in [1.165, 1.54) is 12.2 Å². The largest absolute Gasteiger partial charge is 0.319 e. The number of allylic oxidation sites excluding steroid dienone is 1. The summed E-state index contributed by atoms with van der Waals surface area (Å²) in [5, 5.41) is 2.03. The lowest BCUT2D eigenvalue weighted by Gasteiger charge is -2.06. The predicted molar refractivity (Wildman–Crippen MR) is 54.8 cm³/mol. The molecule has 0 aliphatic heterocycles. The fourth-order valence-corrected chi connectivity index (χ4v) is 1.22. The van der Waals surface area contributed by atoms with E-state index in [2.05, 4.69) is 5.32 Å². The maximum Gasteiger partial charge on any atom is 0.248 e. The Bertz CT molecular complexity index is 395. The van der Waals surface area contributed by atoms with Crippen molar-refractivity contribution < 1.29 is 13.6 Å². The number of benzene rings is 1. The van der Waals surface area contributed by atoms with Gasteiger partial charge in [-0.2, -0.15) is 0 Å². The lowest BCUT2D eigenvalue weighted by atomic mass is 10.3. The highest BCUT2D eigenvalue weighted by Crippen LogP contribution is 2.26. The number of nitrogens with one attached hydrogen (secondary N) is 1. The molecule has 15 heavy (non-hydrogen) atoms. The lowest BCUT2D eigenvalue weighted by molar-refractivity contribution is -0.111. The molecule has 0 saturated carbocycles. The molecule has 0 aromatic heterocycles. The predicted octanol–water partition coefficient (Wildman–Crippen LogP) is 3.13. The highest BCUT2D eigenvalue weighted by atomic mass is 35.5. The number of halogens is 3. The average molecular weight is 232 g/mol. The van der Waals surface area contributed by atoms with E-state index in [0.29, 0.717) is 6.07 Å². The molecule has 1 rings (SSSR count). The van der Waals surface area contributed by atoms with Crippen LogP contribution in [0.15, 0.2) is 24.3 Å². The van der Waals surface area contributed by atoms with Crippen molar-refractivity contribution in [3.05, 3.63) is 40.9 Å². The summed E-state index contributed by atoms with van der Waals surface area (Å²) in [4.78, 5) is 11.1. The summed E-state index contributed by atoms with van der Waals surface area (Å²) >= 11 is 5.56. The Morgan fingerprint density at radius 2 is 2.13 bits per heavy atom. The van der Waals surface area contributed by atoms with Gasteiger partial charge in [-0.25, -0.2) is 8.78 Å². The van der Waals surface area contributed by atoms with Crippen LogP contribution in [0.2, 0.25) is 5.02 Å². The van der Waals surface area contributed by atoms with Crippen molar-refractivity contribution in [2.45, 2.75) is 6.92 Å². The molecule has 0 unspecified atom stereocenters. The molecule has 0 heterocycles. The van der Waals surface area contributed by atoms with Crippen LogP contribution in [0.25, 0.3) is 0 Å². The second-order valence-corrected chi connectivity index (χ2v) is 3.14. The molecular weight excluding hydrogens is 224 g/mol. The monoisotopic (exact) mass is 231 g/mol. The standard InChI is InChI=1S/C10H8ClF2NO/c1-2-3-9(15)14-10-7(11)4-6(12)5-8(10)13/h2-5H,1H3,(H,14,15)/b3-2+. The molecule has 0 aliphatic carbocycles. The van der Waals surface area contributed by atoms with Crippen molar-refractivity contribution in [3.8, 4) is 0 Å². The van der Waals surface area contributed by atoms with E-state index in [-0.39, 0.29) is 10.7 Å². The molecule has 0 saturated heterocycles. The van der Waals surface area contributed by atoms with Crippen LogP contribution in [0.1, 0.15) is 6.92 Å². The van der Waals surface area contributed by atoms with Crippen molar-refractivity contribution in [2.24, 2.45) is 0 Å². The summed E-state index contributed by atoms with van der Waals surface area (Å²) in [7, 11) is 0. The number of carbonyl (C=O) groups excluding carboxylic acids is 1. The van der Waals surface area contributed by atoms with Gasteiger partial charge in [-0.1, -0.05) is 17.7 Å². The van der Waals surface area contributed by atoms with E-state index in [1.807, 2.05) is 0 Å². The minimum atomic E-state index is -0.905. The van der Waals surface area contributed by atoms with Crippen molar-refractivity contribution >= 4 is 23.2 Å². The Labute approximate surface area is 90.5 Å².